The van der Waals surface area contributed by atoms with Crippen molar-refractivity contribution in [3.05, 3.63) is 50.9 Å². The molecular formula is C13H17N3O5S. The van der Waals surface area contributed by atoms with Gasteiger partial charge in [0.15, 0.2) is 17.4 Å². The first-order chi connectivity index (χ1) is 10.1. The molecule has 8 nitrogen and oxygen atoms in total. The topological polar surface area (TPSA) is 115 Å². The third-order valence-corrected chi connectivity index (χ3v) is 3.93. The van der Waals surface area contributed by atoms with Gasteiger partial charge in [-0.05, 0) is 12.5 Å². The normalized spacial score (nSPS) is 16.0. The third kappa shape index (κ3) is 4.71. The van der Waals surface area contributed by atoms with E-state index in [1.165, 1.54) is 11.8 Å². The Balaban J connectivity index is 0.00000242. The van der Waals surface area contributed by atoms with E-state index in [0.717, 1.165) is 17.7 Å². The van der Waals surface area contributed by atoms with Crippen LogP contribution in [-0.2, 0) is 23.2 Å². The van der Waals surface area contributed by atoms with Crippen LogP contribution in [0.4, 0.5) is 0 Å². The lowest BCUT2D eigenvalue weighted by atomic mass is 10.3. The van der Waals surface area contributed by atoms with Gasteiger partial charge < -0.3 is 15.5 Å². The number of hydrogen-bond donors (Lipinski definition) is 1. The Hall–Kier alpha value is -2.13. The molecular weight excluding hydrogens is 310 g/mol. The SMILES string of the molecule is C[n+]1cccc(COC(=O)C(=C2NCCCS2)[N+](=O)[O-])c1.[OH-]. The van der Waals surface area contributed by atoms with Crippen LogP contribution in [0.25, 0.3) is 0 Å². The summed E-state index contributed by atoms with van der Waals surface area (Å²) in [6.45, 7) is 0.629. The zero-order valence-electron chi connectivity index (χ0n) is 12.0. The van der Waals surface area contributed by atoms with Gasteiger partial charge in [0.05, 0.1) is 10.5 Å². The molecule has 2 heterocycles. The third-order valence-electron chi connectivity index (χ3n) is 2.81. The average Bonchev–Trinajstić information content (AvgIpc) is 2.46. The minimum absolute atomic E-state index is 0. The van der Waals surface area contributed by atoms with Gasteiger partial charge in [-0.25, -0.2) is 9.36 Å². The van der Waals surface area contributed by atoms with Crippen LogP contribution in [0.15, 0.2) is 35.3 Å². The summed E-state index contributed by atoms with van der Waals surface area (Å²) in [7, 11) is 1.85. The molecule has 2 N–H and O–H groups in total. The predicted molar refractivity (Wildman–Crippen MR) is 78.4 cm³/mol. The highest BCUT2D eigenvalue weighted by molar-refractivity contribution is 8.03. The Labute approximate surface area is 131 Å². The Morgan fingerprint density at radius 2 is 2.36 bits per heavy atom. The first-order valence-electron chi connectivity index (χ1n) is 6.44. The van der Waals surface area contributed by atoms with Crippen molar-refractivity contribution in [1.82, 2.24) is 5.32 Å². The van der Waals surface area contributed by atoms with Gasteiger partial charge in [0, 0.05) is 18.4 Å². The van der Waals surface area contributed by atoms with E-state index in [0.29, 0.717) is 6.54 Å². The minimum atomic E-state index is -0.914. The van der Waals surface area contributed by atoms with Crippen molar-refractivity contribution in [2.24, 2.45) is 7.05 Å². The Bertz CT molecular complexity index is 583. The molecule has 120 valence electrons. The maximum Gasteiger partial charge on any atom is 0.413 e. The average molecular weight is 327 g/mol. The van der Waals surface area contributed by atoms with E-state index in [2.05, 4.69) is 5.32 Å². The maximum absolute atomic E-state index is 12.0. The number of aryl methyl sites for hydroxylation is 1. The monoisotopic (exact) mass is 327 g/mol. The highest BCUT2D eigenvalue weighted by Crippen LogP contribution is 2.23. The molecule has 0 spiro atoms. The molecule has 1 aliphatic rings. The summed E-state index contributed by atoms with van der Waals surface area (Å²) in [5, 5.41) is 14.3. The number of nitrogens with one attached hydrogen (secondary N) is 1. The van der Waals surface area contributed by atoms with E-state index in [1.807, 2.05) is 23.9 Å². The summed E-state index contributed by atoms with van der Waals surface area (Å²) >= 11 is 1.27. The first kappa shape index (κ1) is 17.9. The molecule has 0 atom stereocenters. The van der Waals surface area contributed by atoms with Gasteiger partial charge in [-0.3, -0.25) is 10.1 Å². The van der Waals surface area contributed by atoms with Crippen molar-refractivity contribution in [3.8, 4) is 0 Å². The molecule has 1 saturated heterocycles. The fourth-order valence-corrected chi connectivity index (χ4v) is 2.85. The predicted octanol–water partition coefficient (Wildman–Crippen LogP) is 0.550. The lowest BCUT2D eigenvalue weighted by Gasteiger charge is -2.15. The Morgan fingerprint density at radius 3 is 2.95 bits per heavy atom. The quantitative estimate of drug-likeness (QED) is 0.282. The van der Waals surface area contributed by atoms with Gasteiger partial charge >= 0.3 is 11.7 Å². The van der Waals surface area contributed by atoms with E-state index in [1.54, 1.807) is 12.3 Å². The van der Waals surface area contributed by atoms with Crippen molar-refractivity contribution >= 4 is 17.7 Å². The second-order valence-corrected chi connectivity index (χ2v) is 5.62. The number of hydrogen-bond acceptors (Lipinski definition) is 7. The van der Waals surface area contributed by atoms with Gasteiger partial charge in [0.2, 0.25) is 0 Å². The molecule has 1 aliphatic heterocycles. The Kier molecular flexibility index (Phi) is 6.80. The number of rotatable bonds is 4. The summed E-state index contributed by atoms with van der Waals surface area (Å²) in [6, 6.07) is 3.61. The number of carbonyl (C=O) groups excluding carboxylic acids is 1. The van der Waals surface area contributed by atoms with Gasteiger partial charge in [-0.1, -0.05) is 0 Å². The van der Waals surface area contributed by atoms with E-state index in [9.17, 15) is 14.9 Å². The van der Waals surface area contributed by atoms with E-state index in [-0.39, 0.29) is 17.1 Å². The minimum Gasteiger partial charge on any atom is -0.870 e. The number of nitro groups is 1. The fraction of sp³-hybridized carbons (Fsp3) is 0.385. The van der Waals surface area contributed by atoms with Crippen LogP contribution >= 0.6 is 11.8 Å². The van der Waals surface area contributed by atoms with Crippen LogP contribution in [-0.4, -0.2) is 28.7 Å². The summed E-state index contributed by atoms with van der Waals surface area (Å²) in [5.74, 6) is -0.162. The van der Waals surface area contributed by atoms with Crippen LogP contribution in [0, 0.1) is 10.1 Å². The van der Waals surface area contributed by atoms with Crippen molar-refractivity contribution in [2.75, 3.05) is 12.3 Å². The summed E-state index contributed by atoms with van der Waals surface area (Å²) in [6.07, 6.45) is 4.55. The molecule has 22 heavy (non-hydrogen) atoms. The number of pyridine rings is 1. The second kappa shape index (κ2) is 8.35. The molecule has 1 aromatic heterocycles. The number of aromatic nitrogens is 1. The number of carbonyl (C=O) groups is 1. The summed E-state index contributed by atoms with van der Waals surface area (Å²) < 4.78 is 6.87. The molecule has 0 radical (unpaired) electrons. The molecule has 0 aromatic carbocycles. The largest absolute Gasteiger partial charge is 0.870 e. The van der Waals surface area contributed by atoms with Crippen molar-refractivity contribution in [1.29, 1.82) is 0 Å². The number of ether oxygens (including phenoxy) is 1. The summed E-state index contributed by atoms with van der Waals surface area (Å²) in [4.78, 5) is 22.4. The number of nitrogens with zero attached hydrogens (tertiary/aromatic N) is 2. The molecule has 0 aliphatic carbocycles. The maximum atomic E-state index is 12.0. The van der Waals surface area contributed by atoms with E-state index in [4.69, 9.17) is 4.74 Å². The van der Waals surface area contributed by atoms with Gasteiger partial charge in [0.1, 0.15) is 13.7 Å². The highest BCUT2D eigenvalue weighted by atomic mass is 32.2. The zero-order chi connectivity index (χ0) is 15.2. The molecule has 0 unspecified atom stereocenters. The summed E-state index contributed by atoms with van der Waals surface area (Å²) in [5.41, 5.74) is 0.255. The molecule has 1 fully saturated rings. The van der Waals surface area contributed by atoms with Crippen molar-refractivity contribution in [2.45, 2.75) is 13.0 Å². The molecule has 0 saturated carbocycles. The smallest absolute Gasteiger partial charge is 0.413 e. The molecule has 0 amide bonds. The molecule has 1 aromatic rings. The van der Waals surface area contributed by atoms with Crippen LogP contribution in [0.3, 0.4) is 0 Å². The van der Waals surface area contributed by atoms with E-state index < -0.39 is 16.6 Å². The van der Waals surface area contributed by atoms with Crippen LogP contribution in [0.5, 0.6) is 0 Å². The fourth-order valence-electron chi connectivity index (χ4n) is 1.85. The van der Waals surface area contributed by atoms with Gasteiger partial charge in [0.25, 0.3) is 0 Å². The van der Waals surface area contributed by atoms with Gasteiger partial charge in [-0.2, -0.15) is 0 Å². The van der Waals surface area contributed by atoms with Crippen molar-refractivity contribution in [3.63, 3.8) is 0 Å². The van der Waals surface area contributed by atoms with Gasteiger partial charge in [-0.15, -0.1) is 11.8 Å². The number of thioether (sulfide) groups is 1. The second-order valence-electron chi connectivity index (χ2n) is 4.52. The molecule has 0 bridgehead atoms. The first-order valence-corrected chi connectivity index (χ1v) is 7.43. The lowest BCUT2D eigenvalue weighted by Crippen LogP contribution is -2.28. The lowest BCUT2D eigenvalue weighted by molar-refractivity contribution is -0.672. The highest BCUT2D eigenvalue weighted by Gasteiger charge is 2.31. The molecule has 9 heteroatoms. The van der Waals surface area contributed by atoms with Crippen molar-refractivity contribution < 1.29 is 24.5 Å². The van der Waals surface area contributed by atoms with Crippen LogP contribution in [0.1, 0.15) is 12.0 Å². The standard InChI is InChI=1S/C13H15N3O4S.H2O/c1-15-6-2-4-10(8-15)9-20-13(17)11(16(18)19)12-14-5-3-7-21-12;/h2,4,6,8H,3,5,7,9H2,1H3;1H2. The molecule has 2 rings (SSSR count). The van der Waals surface area contributed by atoms with E-state index >= 15 is 0 Å². The Morgan fingerprint density at radius 1 is 1.59 bits per heavy atom. The van der Waals surface area contributed by atoms with Crippen LogP contribution in [0.2, 0.25) is 0 Å². The number of esters is 1. The van der Waals surface area contributed by atoms with Crippen LogP contribution < -0.4 is 9.88 Å². The zero-order valence-corrected chi connectivity index (χ0v) is 12.8.